The van der Waals surface area contributed by atoms with Gasteiger partial charge in [0.1, 0.15) is 12.3 Å². The van der Waals surface area contributed by atoms with Crippen LogP contribution in [0.3, 0.4) is 0 Å². The Morgan fingerprint density at radius 1 is 1.26 bits per heavy atom. The summed E-state index contributed by atoms with van der Waals surface area (Å²) in [6, 6.07) is 3.79. The molecule has 3 amide bonds. The van der Waals surface area contributed by atoms with Crippen LogP contribution in [0.5, 0.6) is 5.75 Å². The van der Waals surface area contributed by atoms with E-state index in [1.165, 1.54) is 25.3 Å². The summed E-state index contributed by atoms with van der Waals surface area (Å²) in [7, 11) is 1.37. The minimum atomic E-state index is -0.615. The van der Waals surface area contributed by atoms with Gasteiger partial charge in [-0.1, -0.05) is 12.2 Å². The van der Waals surface area contributed by atoms with Gasteiger partial charge in [0.25, 0.3) is 5.69 Å². The molecule has 0 aromatic heterocycles. The zero-order valence-electron chi connectivity index (χ0n) is 14.5. The van der Waals surface area contributed by atoms with Gasteiger partial charge in [0.15, 0.2) is 0 Å². The Balaban J connectivity index is 1.49. The number of methoxy groups -OCH3 is 1. The number of fused-ring (bicyclic) bond motifs is 5. The number of ether oxygens (including phenoxy) is 1. The lowest BCUT2D eigenvalue weighted by atomic mass is 9.85. The summed E-state index contributed by atoms with van der Waals surface area (Å²) >= 11 is 0. The van der Waals surface area contributed by atoms with E-state index in [9.17, 15) is 24.5 Å². The van der Waals surface area contributed by atoms with Crippen molar-refractivity contribution in [2.75, 3.05) is 19.0 Å². The molecule has 3 aliphatic rings. The zero-order chi connectivity index (χ0) is 19.3. The average molecular weight is 371 g/mol. The third-order valence-electron chi connectivity index (χ3n) is 5.53. The Bertz CT molecular complexity index is 865. The van der Waals surface area contributed by atoms with Gasteiger partial charge in [-0.05, 0) is 24.3 Å². The smallest absolute Gasteiger partial charge is 0.271 e. The van der Waals surface area contributed by atoms with E-state index in [1.54, 1.807) is 0 Å². The van der Waals surface area contributed by atoms with Crippen LogP contribution in [-0.2, 0) is 14.4 Å². The number of carbonyl (C=O) groups is 3. The van der Waals surface area contributed by atoms with Crippen molar-refractivity contribution < 1.29 is 24.0 Å². The Kier molecular flexibility index (Phi) is 3.94. The normalized spacial score (nSPS) is 27.8. The van der Waals surface area contributed by atoms with E-state index in [4.69, 9.17) is 4.74 Å². The highest BCUT2D eigenvalue weighted by molar-refractivity contribution is 6.09. The van der Waals surface area contributed by atoms with Gasteiger partial charge in [-0.25, -0.2) is 0 Å². The fraction of sp³-hybridized carbons (Fsp3) is 0.389. The molecule has 0 radical (unpaired) electrons. The van der Waals surface area contributed by atoms with Gasteiger partial charge in [0.2, 0.25) is 17.7 Å². The molecular formula is C18H17N3O6. The van der Waals surface area contributed by atoms with Crippen molar-refractivity contribution in [3.8, 4) is 5.75 Å². The maximum absolute atomic E-state index is 12.6. The molecule has 0 unspecified atom stereocenters. The zero-order valence-corrected chi connectivity index (χ0v) is 14.5. The number of nitro benzene ring substituents is 1. The number of benzene rings is 1. The molecule has 2 fully saturated rings. The van der Waals surface area contributed by atoms with E-state index in [0.29, 0.717) is 0 Å². The van der Waals surface area contributed by atoms with E-state index >= 15 is 0 Å². The molecule has 27 heavy (non-hydrogen) atoms. The molecule has 1 saturated carbocycles. The third-order valence-corrected chi connectivity index (χ3v) is 5.53. The first-order chi connectivity index (χ1) is 12.9. The number of anilines is 1. The van der Waals surface area contributed by atoms with Gasteiger partial charge < -0.3 is 10.1 Å². The van der Waals surface area contributed by atoms with Crippen molar-refractivity contribution >= 4 is 29.1 Å². The number of non-ortho nitro benzene ring substituents is 1. The SMILES string of the molecule is COc1ccc([N+](=O)[O-])cc1NC(=O)CN1C(=O)[C@H]2[C@H](C1=O)[C@H]1C=C[C@@H]2C1. The Morgan fingerprint density at radius 3 is 2.44 bits per heavy atom. The second-order valence-electron chi connectivity index (χ2n) is 6.95. The molecule has 140 valence electrons. The van der Waals surface area contributed by atoms with Gasteiger partial charge in [0.05, 0.1) is 29.6 Å². The maximum atomic E-state index is 12.6. The minimum Gasteiger partial charge on any atom is -0.495 e. The topological polar surface area (TPSA) is 119 Å². The summed E-state index contributed by atoms with van der Waals surface area (Å²) in [6.07, 6.45) is 4.78. The van der Waals surface area contributed by atoms with Crippen LogP contribution in [-0.4, -0.2) is 41.2 Å². The highest BCUT2D eigenvalue weighted by atomic mass is 16.6. The maximum Gasteiger partial charge on any atom is 0.271 e. The van der Waals surface area contributed by atoms with Crippen molar-refractivity contribution in [3.05, 3.63) is 40.5 Å². The lowest BCUT2D eigenvalue weighted by Crippen LogP contribution is -2.39. The lowest BCUT2D eigenvalue weighted by Gasteiger charge is -2.17. The number of nitrogens with one attached hydrogen (secondary N) is 1. The summed E-state index contributed by atoms with van der Waals surface area (Å²) in [4.78, 5) is 49.0. The standard InChI is InChI=1S/C18H17N3O6/c1-27-13-5-4-11(21(25)26)7-12(13)19-14(22)8-20-17(23)15-9-2-3-10(6-9)16(15)18(20)24/h2-5,7,9-10,15-16H,6,8H2,1H3,(H,19,22)/t9-,10+,15-,16-/m1/s1. The number of likely N-dealkylation sites (tertiary alicyclic amines) is 1. The van der Waals surface area contributed by atoms with Crippen molar-refractivity contribution in [2.24, 2.45) is 23.7 Å². The van der Waals surface area contributed by atoms with Gasteiger partial charge in [-0.15, -0.1) is 0 Å². The molecular weight excluding hydrogens is 354 g/mol. The predicted molar refractivity (Wildman–Crippen MR) is 92.7 cm³/mol. The van der Waals surface area contributed by atoms with E-state index in [0.717, 1.165) is 11.3 Å². The fourth-order valence-corrected chi connectivity index (χ4v) is 4.36. The molecule has 1 N–H and O–H groups in total. The fourth-order valence-electron chi connectivity index (χ4n) is 4.36. The molecule has 9 nitrogen and oxygen atoms in total. The van der Waals surface area contributed by atoms with Crippen LogP contribution in [0, 0.1) is 33.8 Å². The predicted octanol–water partition coefficient (Wildman–Crippen LogP) is 1.35. The van der Waals surface area contributed by atoms with Crippen molar-refractivity contribution in [2.45, 2.75) is 6.42 Å². The molecule has 9 heteroatoms. The first-order valence-electron chi connectivity index (χ1n) is 8.56. The number of nitro groups is 1. The second kappa shape index (κ2) is 6.19. The lowest BCUT2D eigenvalue weighted by molar-refractivity contribution is -0.384. The molecule has 2 aliphatic carbocycles. The van der Waals surface area contributed by atoms with E-state index < -0.39 is 17.4 Å². The number of amides is 3. The van der Waals surface area contributed by atoms with Gasteiger partial charge >= 0.3 is 0 Å². The van der Waals surface area contributed by atoms with Crippen LogP contribution < -0.4 is 10.1 Å². The average Bonchev–Trinajstić information content (AvgIpc) is 3.31. The number of hydrogen-bond donors (Lipinski definition) is 1. The summed E-state index contributed by atoms with van der Waals surface area (Å²) in [5.41, 5.74) is -0.102. The number of allylic oxidation sites excluding steroid dienone is 2. The van der Waals surface area contributed by atoms with Crippen LogP contribution in [0.1, 0.15) is 6.42 Å². The third kappa shape index (κ3) is 2.66. The molecule has 1 aliphatic heterocycles. The second-order valence-corrected chi connectivity index (χ2v) is 6.95. The number of hydrogen-bond acceptors (Lipinski definition) is 6. The molecule has 1 aromatic rings. The van der Waals surface area contributed by atoms with Gasteiger partial charge in [0, 0.05) is 12.1 Å². The van der Waals surface area contributed by atoms with Crippen molar-refractivity contribution in [3.63, 3.8) is 0 Å². The molecule has 4 rings (SSSR count). The summed E-state index contributed by atoms with van der Waals surface area (Å²) in [6.45, 7) is -0.421. The van der Waals surface area contributed by atoms with Crippen LogP contribution in [0.15, 0.2) is 30.4 Å². The van der Waals surface area contributed by atoms with E-state index in [2.05, 4.69) is 5.32 Å². The van der Waals surface area contributed by atoms with Gasteiger partial charge in [-0.3, -0.25) is 29.4 Å². The Morgan fingerprint density at radius 2 is 1.89 bits per heavy atom. The van der Waals surface area contributed by atoms with Crippen molar-refractivity contribution in [1.29, 1.82) is 0 Å². The van der Waals surface area contributed by atoms with Crippen LogP contribution in [0.4, 0.5) is 11.4 Å². The molecule has 4 atom stereocenters. The van der Waals surface area contributed by atoms with Crippen LogP contribution >= 0.6 is 0 Å². The molecule has 0 spiro atoms. The molecule has 2 bridgehead atoms. The Labute approximate surface area is 154 Å². The minimum absolute atomic E-state index is 0.0707. The number of nitrogens with zero attached hydrogens (tertiary/aromatic N) is 2. The number of carbonyl (C=O) groups excluding carboxylic acids is 3. The molecule has 1 heterocycles. The summed E-state index contributed by atoms with van der Waals surface area (Å²) < 4.78 is 5.10. The van der Waals surface area contributed by atoms with Crippen molar-refractivity contribution in [1.82, 2.24) is 4.90 Å². The quantitative estimate of drug-likeness (QED) is 0.361. The number of imide groups is 1. The van der Waals surface area contributed by atoms with Crippen LogP contribution in [0.25, 0.3) is 0 Å². The van der Waals surface area contributed by atoms with E-state index in [-0.39, 0.29) is 52.6 Å². The first-order valence-corrected chi connectivity index (χ1v) is 8.56. The Hall–Kier alpha value is -3.23. The van der Waals surface area contributed by atoms with Gasteiger partial charge in [-0.2, -0.15) is 0 Å². The van der Waals surface area contributed by atoms with E-state index in [1.807, 2.05) is 12.2 Å². The molecule has 1 saturated heterocycles. The summed E-state index contributed by atoms with van der Waals surface area (Å²) in [5, 5.41) is 13.4. The monoisotopic (exact) mass is 371 g/mol. The first kappa shape index (κ1) is 17.2. The number of rotatable bonds is 5. The highest BCUT2D eigenvalue weighted by Crippen LogP contribution is 2.52. The van der Waals surface area contributed by atoms with Crippen LogP contribution in [0.2, 0.25) is 0 Å². The molecule has 1 aromatic carbocycles. The summed E-state index contributed by atoms with van der Waals surface area (Å²) in [5.74, 6) is -1.60. The highest BCUT2D eigenvalue weighted by Gasteiger charge is 2.59. The largest absolute Gasteiger partial charge is 0.495 e.